The third kappa shape index (κ3) is 3.20. The highest BCUT2D eigenvalue weighted by molar-refractivity contribution is 5.67. The molecule has 0 spiro atoms. The first kappa shape index (κ1) is 13.0. The summed E-state index contributed by atoms with van der Waals surface area (Å²) >= 11 is 0. The van der Waals surface area contributed by atoms with Crippen LogP contribution in [-0.4, -0.2) is 30.9 Å². The average molecular weight is 230 g/mol. The summed E-state index contributed by atoms with van der Waals surface area (Å²) in [5, 5.41) is 0. The third-order valence-electron chi connectivity index (χ3n) is 2.79. The monoisotopic (exact) mass is 230 g/mol. The van der Waals surface area contributed by atoms with E-state index in [9.17, 15) is 9.59 Å². The fourth-order valence-corrected chi connectivity index (χ4v) is 1.68. The van der Waals surface area contributed by atoms with Crippen molar-refractivity contribution < 1.29 is 23.8 Å². The molecule has 0 aromatic heterocycles. The molecule has 92 valence electrons. The summed E-state index contributed by atoms with van der Waals surface area (Å²) in [5.74, 6) is -0.478. The summed E-state index contributed by atoms with van der Waals surface area (Å²) in [6.45, 7) is 7.09. The van der Waals surface area contributed by atoms with Crippen molar-refractivity contribution in [1.82, 2.24) is 0 Å². The molecule has 1 saturated heterocycles. The van der Waals surface area contributed by atoms with Crippen LogP contribution in [0.4, 0.5) is 0 Å². The molecule has 1 aliphatic rings. The lowest BCUT2D eigenvalue weighted by molar-refractivity contribution is -0.244. The number of hydrogen-bond acceptors (Lipinski definition) is 5. The minimum absolute atomic E-state index is 0.0991. The molecule has 1 unspecified atom stereocenters. The molecule has 5 nitrogen and oxygen atoms in total. The van der Waals surface area contributed by atoms with Crippen molar-refractivity contribution in [3.05, 3.63) is 0 Å². The lowest BCUT2D eigenvalue weighted by Crippen LogP contribution is -2.48. The largest absolute Gasteiger partial charge is 0.456 e. The number of esters is 2. The van der Waals surface area contributed by atoms with Gasteiger partial charge in [0.2, 0.25) is 6.29 Å². The van der Waals surface area contributed by atoms with Crippen molar-refractivity contribution in [2.75, 3.05) is 6.61 Å². The van der Waals surface area contributed by atoms with Crippen molar-refractivity contribution in [1.29, 1.82) is 0 Å². The van der Waals surface area contributed by atoms with Gasteiger partial charge < -0.3 is 14.2 Å². The molecular weight excluding hydrogens is 212 g/mol. The van der Waals surface area contributed by atoms with E-state index < -0.39 is 24.3 Å². The van der Waals surface area contributed by atoms with Crippen LogP contribution < -0.4 is 0 Å². The second-order valence-electron chi connectivity index (χ2n) is 4.22. The zero-order chi connectivity index (χ0) is 12.3. The van der Waals surface area contributed by atoms with Crippen LogP contribution in [0.15, 0.2) is 0 Å². The second-order valence-corrected chi connectivity index (χ2v) is 4.22. The molecule has 0 aliphatic carbocycles. The van der Waals surface area contributed by atoms with Gasteiger partial charge in [0.05, 0.1) is 6.61 Å². The number of rotatable bonds is 2. The Bertz CT molecular complexity index is 276. The van der Waals surface area contributed by atoms with Gasteiger partial charge in [-0.15, -0.1) is 0 Å². The lowest BCUT2D eigenvalue weighted by Gasteiger charge is -2.38. The molecule has 0 bridgehead atoms. The van der Waals surface area contributed by atoms with Crippen LogP contribution >= 0.6 is 0 Å². The van der Waals surface area contributed by atoms with Crippen LogP contribution in [0.5, 0.6) is 0 Å². The minimum Gasteiger partial charge on any atom is -0.456 e. The van der Waals surface area contributed by atoms with Crippen LogP contribution in [0.3, 0.4) is 0 Å². The Morgan fingerprint density at radius 3 is 2.19 bits per heavy atom. The summed E-state index contributed by atoms with van der Waals surface area (Å²) in [4.78, 5) is 21.9. The number of hydrogen-bond donors (Lipinski definition) is 0. The van der Waals surface area contributed by atoms with Crippen LogP contribution in [0.2, 0.25) is 0 Å². The third-order valence-corrected chi connectivity index (χ3v) is 2.79. The van der Waals surface area contributed by atoms with Crippen molar-refractivity contribution in [2.45, 2.75) is 40.1 Å². The second kappa shape index (κ2) is 5.30. The zero-order valence-electron chi connectivity index (χ0n) is 10.1. The molecule has 16 heavy (non-hydrogen) atoms. The summed E-state index contributed by atoms with van der Waals surface area (Å²) in [7, 11) is 0. The van der Waals surface area contributed by atoms with E-state index in [2.05, 4.69) is 0 Å². The van der Waals surface area contributed by atoms with Gasteiger partial charge in [-0.25, -0.2) is 0 Å². The zero-order valence-corrected chi connectivity index (χ0v) is 10.1. The van der Waals surface area contributed by atoms with Gasteiger partial charge in [0.25, 0.3) is 0 Å². The standard InChI is InChI=1S/C11H18O5/c1-6-5-14-11(16-9(4)13)10(7(6)2)15-8(3)12/h6-7,10-11H,5H2,1-4H3/t6-,7-,10+,11?/m1/s1. The average Bonchev–Trinajstić information content (AvgIpc) is 2.16. The first-order valence-electron chi connectivity index (χ1n) is 5.38. The summed E-state index contributed by atoms with van der Waals surface area (Å²) in [6.07, 6.45) is -1.31. The van der Waals surface area contributed by atoms with Gasteiger partial charge in [-0.2, -0.15) is 0 Å². The van der Waals surface area contributed by atoms with Gasteiger partial charge >= 0.3 is 11.9 Å². The van der Waals surface area contributed by atoms with E-state index in [0.717, 1.165) is 0 Å². The SMILES string of the molecule is CC(=O)OC1OC[C@@H](C)[C@@H](C)[C@@H]1OC(C)=O. The molecule has 0 saturated carbocycles. The smallest absolute Gasteiger partial charge is 0.305 e. The molecule has 0 radical (unpaired) electrons. The molecule has 0 N–H and O–H groups in total. The normalized spacial score (nSPS) is 34.2. The van der Waals surface area contributed by atoms with E-state index in [1.165, 1.54) is 13.8 Å². The van der Waals surface area contributed by atoms with Crippen LogP contribution in [0, 0.1) is 11.8 Å². The quantitative estimate of drug-likeness (QED) is 0.665. The number of carbonyl (C=O) groups is 2. The summed E-state index contributed by atoms with van der Waals surface area (Å²) in [6, 6.07) is 0. The highest BCUT2D eigenvalue weighted by Gasteiger charge is 2.40. The Labute approximate surface area is 95.0 Å². The Morgan fingerprint density at radius 1 is 1.12 bits per heavy atom. The van der Waals surface area contributed by atoms with Crippen molar-refractivity contribution in [3.63, 3.8) is 0 Å². The molecule has 1 rings (SSSR count). The van der Waals surface area contributed by atoms with Crippen LogP contribution in [-0.2, 0) is 23.8 Å². The van der Waals surface area contributed by atoms with Gasteiger partial charge in [-0.05, 0) is 5.92 Å². The molecule has 0 aromatic carbocycles. The van der Waals surface area contributed by atoms with E-state index >= 15 is 0 Å². The molecule has 5 heteroatoms. The molecule has 1 aliphatic heterocycles. The van der Waals surface area contributed by atoms with Crippen LogP contribution in [0.25, 0.3) is 0 Å². The maximum atomic E-state index is 11.0. The predicted molar refractivity (Wildman–Crippen MR) is 55.4 cm³/mol. The Kier molecular flexibility index (Phi) is 4.29. The minimum atomic E-state index is -0.785. The van der Waals surface area contributed by atoms with Gasteiger partial charge in [0, 0.05) is 19.8 Å². The summed E-state index contributed by atoms with van der Waals surface area (Å²) < 4.78 is 15.5. The Hall–Kier alpha value is -1.10. The summed E-state index contributed by atoms with van der Waals surface area (Å²) in [5.41, 5.74) is 0. The van der Waals surface area contributed by atoms with E-state index in [0.29, 0.717) is 6.61 Å². The first-order chi connectivity index (χ1) is 7.41. The molecule has 0 aromatic rings. The molecule has 1 heterocycles. The van der Waals surface area contributed by atoms with Crippen molar-refractivity contribution in [2.24, 2.45) is 11.8 Å². The molecule has 0 amide bonds. The fourth-order valence-electron chi connectivity index (χ4n) is 1.68. The predicted octanol–water partition coefficient (Wildman–Crippen LogP) is 1.11. The molecule has 4 atom stereocenters. The molecule has 1 fully saturated rings. The highest BCUT2D eigenvalue weighted by atomic mass is 16.7. The topological polar surface area (TPSA) is 61.8 Å². The van der Waals surface area contributed by atoms with E-state index in [1.54, 1.807) is 0 Å². The number of ether oxygens (including phenoxy) is 3. The van der Waals surface area contributed by atoms with Gasteiger partial charge in [0.1, 0.15) is 0 Å². The van der Waals surface area contributed by atoms with E-state index in [1.807, 2.05) is 13.8 Å². The maximum absolute atomic E-state index is 11.0. The van der Waals surface area contributed by atoms with Gasteiger partial charge in [0.15, 0.2) is 6.10 Å². The van der Waals surface area contributed by atoms with E-state index in [4.69, 9.17) is 14.2 Å². The fraction of sp³-hybridized carbons (Fsp3) is 0.818. The molecular formula is C11H18O5. The maximum Gasteiger partial charge on any atom is 0.305 e. The van der Waals surface area contributed by atoms with Gasteiger partial charge in [-0.3, -0.25) is 9.59 Å². The highest BCUT2D eigenvalue weighted by Crippen LogP contribution is 2.28. The van der Waals surface area contributed by atoms with Crippen LogP contribution in [0.1, 0.15) is 27.7 Å². The Morgan fingerprint density at radius 2 is 1.69 bits per heavy atom. The van der Waals surface area contributed by atoms with Crippen molar-refractivity contribution in [3.8, 4) is 0 Å². The lowest BCUT2D eigenvalue weighted by atomic mass is 9.88. The van der Waals surface area contributed by atoms with E-state index in [-0.39, 0.29) is 11.8 Å². The van der Waals surface area contributed by atoms with Crippen molar-refractivity contribution >= 4 is 11.9 Å². The van der Waals surface area contributed by atoms with Gasteiger partial charge in [-0.1, -0.05) is 13.8 Å². The first-order valence-corrected chi connectivity index (χ1v) is 5.38. The Balaban J connectivity index is 2.72. The number of carbonyl (C=O) groups excluding carboxylic acids is 2.